The first-order valence-corrected chi connectivity index (χ1v) is 6.55. The number of para-hydroxylation sites is 1. The number of methoxy groups -OCH3 is 1. The topological polar surface area (TPSA) is 38.8 Å². The van der Waals surface area contributed by atoms with Gasteiger partial charge in [0.15, 0.2) is 5.78 Å². The molecule has 0 heterocycles. The van der Waals surface area contributed by atoms with Crippen LogP contribution in [0.25, 0.3) is 0 Å². The summed E-state index contributed by atoms with van der Waals surface area (Å²) in [6.45, 7) is 4.71. The molecule has 0 amide bonds. The number of hydrogen-bond acceptors (Lipinski definition) is 4. The molecule has 0 radical (unpaired) electrons. The molecule has 0 unspecified atom stereocenters. The van der Waals surface area contributed by atoms with Crippen LogP contribution in [0.3, 0.4) is 0 Å². The van der Waals surface area contributed by atoms with Crippen molar-refractivity contribution in [2.75, 3.05) is 40.5 Å². The minimum absolute atomic E-state index is 0.0315. The smallest absolute Gasteiger partial charge is 0.163 e. The second-order valence-corrected chi connectivity index (χ2v) is 4.55. The van der Waals surface area contributed by atoms with E-state index in [1.165, 1.54) is 0 Å². The molecule has 0 aliphatic heterocycles. The van der Waals surface area contributed by atoms with Crippen LogP contribution in [0.1, 0.15) is 23.7 Å². The third-order valence-corrected chi connectivity index (χ3v) is 2.89. The number of hydrogen-bond donors (Lipinski definition) is 0. The Bertz CT molecular complexity index is 393. The van der Waals surface area contributed by atoms with Gasteiger partial charge in [0.25, 0.3) is 0 Å². The Morgan fingerprint density at radius 2 is 1.95 bits per heavy atom. The molecule has 19 heavy (non-hydrogen) atoms. The minimum Gasteiger partial charge on any atom is -0.491 e. The first-order chi connectivity index (χ1) is 9.15. The molecule has 4 heteroatoms. The molecule has 0 N–H and O–H groups in total. The summed E-state index contributed by atoms with van der Waals surface area (Å²) in [5, 5.41) is 0. The lowest BCUT2D eigenvalue weighted by atomic mass is 10.1. The second-order valence-electron chi connectivity index (χ2n) is 4.55. The Kier molecular flexibility index (Phi) is 7.15. The van der Waals surface area contributed by atoms with E-state index < -0.39 is 0 Å². The van der Waals surface area contributed by atoms with E-state index >= 15 is 0 Å². The first kappa shape index (κ1) is 15.7. The van der Waals surface area contributed by atoms with Gasteiger partial charge in [0.2, 0.25) is 0 Å². The zero-order valence-electron chi connectivity index (χ0n) is 12.0. The van der Waals surface area contributed by atoms with Gasteiger partial charge in [0, 0.05) is 26.8 Å². The normalized spacial score (nSPS) is 10.7. The molecule has 0 saturated heterocycles. The summed E-state index contributed by atoms with van der Waals surface area (Å²) in [5.41, 5.74) is 0.643. The number of nitrogens with zero attached hydrogens (tertiary/aromatic N) is 1. The summed E-state index contributed by atoms with van der Waals surface area (Å²) in [5.74, 6) is 0.698. The van der Waals surface area contributed by atoms with Crippen molar-refractivity contribution in [3.63, 3.8) is 0 Å². The molecule has 0 fully saturated rings. The summed E-state index contributed by atoms with van der Waals surface area (Å²) in [6.07, 6.45) is 1.01. The van der Waals surface area contributed by atoms with Crippen molar-refractivity contribution in [2.24, 2.45) is 0 Å². The fraction of sp³-hybridized carbons (Fsp3) is 0.533. The van der Waals surface area contributed by atoms with Gasteiger partial charge in [-0.2, -0.15) is 0 Å². The molecule has 0 aliphatic rings. The zero-order valence-corrected chi connectivity index (χ0v) is 12.0. The van der Waals surface area contributed by atoms with E-state index in [0.717, 1.165) is 26.1 Å². The zero-order chi connectivity index (χ0) is 14.1. The molecule has 0 bridgehead atoms. The van der Waals surface area contributed by atoms with E-state index in [4.69, 9.17) is 9.47 Å². The lowest BCUT2D eigenvalue weighted by Gasteiger charge is -2.17. The Labute approximate surface area is 115 Å². The van der Waals surface area contributed by atoms with Gasteiger partial charge in [-0.05, 0) is 32.5 Å². The Morgan fingerprint density at radius 3 is 2.63 bits per heavy atom. The molecule has 0 aromatic heterocycles. The number of likely N-dealkylation sites (N-methyl/N-ethyl adjacent to an activating group) is 1. The number of carbonyl (C=O) groups excluding carboxylic acids is 1. The molecular formula is C15H23NO3. The standard InChI is InChI=1S/C15H23NO3/c1-13(17)14-7-4-5-8-15(14)19-12-10-16(2)9-6-11-18-3/h4-5,7-8H,6,9-12H2,1-3H3. The summed E-state index contributed by atoms with van der Waals surface area (Å²) in [4.78, 5) is 13.6. The average molecular weight is 265 g/mol. The van der Waals surface area contributed by atoms with Crippen molar-refractivity contribution in [3.8, 4) is 5.75 Å². The third kappa shape index (κ3) is 5.85. The van der Waals surface area contributed by atoms with Crippen molar-refractivity contribution in [1.82, 2.24) is 4.90 Å². The van der Waals surface area contributed by atoms with Gasteiger partial charge in [-0.25, -0.2) is 0 Å². The highest BCUT2D eigenvalue weighted by molar-refractivity contribution is 5.96. The third-order valence-electron chi connectivity index (χ3n) is 2.89. The van der Waals surface area contributed by atoms with Gasteiger partial charge in [-0.3, -0.25) is 4.79 Å². The number of ether oxygens (including phenoxy) is 2. The van der Waals surface area contributed by atoms with Gasteiger partial charge in [0.05, 0.1) is 5.56 Å². The van der Waals surface area contributed by atoms with Gasteiger partial charge in [0.1, 0.15) is 12.4 Å². The fourth-order valence-corrected chi connectivity index (χ4v) is 1.79. The van der Waals surface area contributed by atoms with Crippen LogP contribution < -0.4 is 4.74 Å². The number of carbonyl (C=O) groups is 1. The highest BCUT2D eigenvalue weighted by Crippen LogP contribution is 2.18. The molecule has 0 saturated carbocycles. The molecule has 4 nitrogen and oxygen atoms in total. The summed E-state index contributed by atoms with van der Waals surface area (Å²) < 4.78 is 10.7. The lowest BCUT2D eigenvalue weighted by molar-refractivity contribution is 0.101. The van der Waals surface area contributed by atoms with Crippen LogP contribution in [0.5, 0.6) is 5.75 Å². The van der Waals surface area contributed by atoms with Crippen LogP contribution >= 0.6 is 0 Å². The van der Waals surface area contributed by atoms with Crippen LogP contribution in [0.2, 0.25) is 0 Å². The van der Waals surface area contributed by atoms with Gasteiger partial charge in [-0.1, -0.05) is 12.1 Å². The maximum Gasteiger partial charge on any atom is 0.163 e. The van der Waals surface area contributed by atoms with Crippen LogP contribution in [-0.4, -0.2) is 51.1 Å². The number of benzene rings is 1. The maximum absolute atomic E-state index is 11.4. The molecular weight excluding hydrogens is 242 g/mol. The van der Waals surface area contributed by atoms with Crippen LogP contribution in [0.15, 0.2) is 24.3 Å². The molecule has 1 aromatic rings. The average Bonchev–Trinajstić information content (AvgIpc) is 2.39. The Hall–Kier alpha value is -1.39. The lowest BCUT2D eigenvalue weighted by Crippen LogP contribution is -2.26. The molecule has 1 rings (SSSR count). The van der Waals surface area contributed by atoms with Crippen molar-refractivity contribution < 1.29 is 14.3 Å². The van der Waals surface area contributed by atoms with Gasteiger partial charge < -0.3 is 14.4 Å². The molecule has 1 aromatic carbocycles. The van der Waals surface area contributed by atoms with Gasteiger partial charge >= 0.3 is 0 Å². The van der Waals surface area contributed by atoms with Crippen LogP contribution in [0.4, 0.5) is 0 Å². The van der Waals surface area contributed by atoms with E-state index in [2.05, 4.69) is 11.9 Å². The van der Waals surface area contributed by atoms with E-state index in [1.807, 2.05) is 18.2 Å². The van der Waals surface area contributed by atoms with Crippen molar-refractivity contribution in [2.45, 2.75) is 13.3 Å². The second kappa shape index (κ2) is 8.67. The predicted molar refractivity (Wildman–Crippen MR) is 75.9 cm³/mol. The Morgan fingerprint density at radius 1 is 1.21 bits per heavy atom. The monoisotopic (exact) mass is 265 g/mol. The minimum atomic E-state index is 0.0315. The van der Waals surface area contributed by atoms with E-state index in [1.54, 1.807) is 20.1 Å². The largest absolute Gasteiger partial charge is 0.491 e. The predicted octanol–water partition coefficient (Wildman–Crippen LogP) is 2.24. The number of Topliss-reactive ketones (excluding diaryl/α,β-unsaturated/α-hetero) is 1. The van der Waals surface area contributed by atoms with Crippen molar-refractivity contribution in [1.29, 1.82) is 0 Å². The molecule has 0 atom stereocenters. The highest BCUT2D eigenvalue weighted by atomic mass is 16.5. The number of ketones is 1. The van der Waals surface area contributed by atoms with E-state index in [0.29, 0.717) is 17.9 Å². The van der Waals surface area contributed by atoms with Crippen molar-refractivity contribution >= 4 is 5.78 Å². The first-order valence-electron chi connectivity index (χ1n) is 6.55. The molecule has 0 aliphatic carbocycles. The Balaban J connectivity index is 2.35. The summed E-state index contributed by atoms with van der Waals surface area (Å²) >= 11 is 0. The maximum atomic E-state index is 11.4. The highest BCUT2D eigenvalue weighted by Gasteiger charge is 2.07. The fourth-order valence-electron chi connectivity index (χ4n) is 1.79. The summed E-state index contributed by atoms with van der Waals surface area (Å²) in [6, 6.07) is 7.35. The molecule has 106 valence electrons. The summed E-state index contributed by atoms with van der Waals surface area (Å²) in [7, 11) is 3.76. The molecule has 0 spiro atoms. The van der Waals surface area contributed by atoms with Gasteiger partial charge in [-0.15, -0.1) is 0 Å². The van der Waals surface area contributed by atoms with E-state index in [9.17, 15) is 4.79 Å². The quantitative estimate of drug-likeness (QED) is 0.507. The SMILES string of the molecule is COCCCN(C)CCOc1ccccc1C(C)=O. The number of rotatable bonds is 9. The van der Waals surface area contributed by atoms with Crippen LogP contribution in [-0.2, 0) is 4.74 Å². The van der Waals surface area contributed by atoms with Crippen LogP contribution in [0, 0.1) is 0 Å². The van der Waals surface area contributed by atoms with E-state index in [-0.39, 0.29) is 5.78 Å². The van der Waals surface area contributed by atoms with Crippen molar-refractivity contribution in [3.05, 3.63) is 29.8 Å².